The molecule has 90 valence electrons. The molecule has 0 fully saturated rings. The number of rotatable bonds is 4. The van der Waals surface area contributed by atoms with Crippen LogP contribution in [-0.2, 0) is 0 Å². The quantitative estimate of drug-likeness (QED) is 0.897. The number of nitrogens with zero attached hydrogens (tertiary/aromatic N) is 1. The highest BCUT2D eigenvalue weighted by molar-refractivity contribution is 7.09. The summed E-state index contributed by atoms with van der Waals surface area (Å²) in [4.78, 5) is 4.47. The van der Waals surface area contributed by atoms with E-state index < -0.39 is 0 Å². The molecule has 2 rings (SSSR count). The summed E-state index contributed by atoms with van der Waals surface area (Å²) in [6.07, 6.45) is 0. The van der Waals surface area contributed by atoms with Crippen molar-refractivity contribution < 1.29 is 4.74 Å². The largest absolute Gasteiger partial charge is 0.497 e. The van der Waals surface area contributed by atoms with Crippen molar-refractivity contribution in [2.45, 2.75) is 19.9 Å². The van der Waals surface area contributed by atoms with Gasteiger partial charge in [-0.05, 0) is 38.1 Å². The minimum Gasteiger partial charge on any atom is -0.497 e. The van der Waals surface area contributed by atoms with Gasteiger partial charge in [0.2, 0.25) is 0 Å². The molecule has 0 radical (unpaired) electrons. The minimum absolute atomic E-state index is 0.216. The smallest absolute Gasteiger partial charge is 0.119 e. The standard InChI is InChI=1S/C13H16N2OS/c1-9(13-8-17-10(2)15-13)14-11-4-6-12(16-3)7-5-11/h4-9,14H,1-3H3. The fourth-order valence-electron chi connectivity index (χ4n) is 1.59. The molecular formula is C13H16N2OS. The third-order valence-corrected chi connectivity index (χ3v) is 3.35. The molecule has 0 saturated carbocycles. The van der Waals surface area contributed by atoms with Gasteiger partial charge in [0, 0.05) is 11.1 Å². The third-order valence-electron chi connectivity index (χ3n) is 2.55. The summed E-state index contributed by atoms with van der Waals surface area (Å²) in [5.41, 5.74) is 2.16. The summed E-state index contributed by atoms with van der Waals surface area (Å²) in [6, 6.07) is 8.12. The van der Waals surface area contributed by atoms with Crippen molar-refractivity contribution in [2.24, 2.45) is 0 Å². The summed E-state index contributed by atoms with van der Waals surface area (Å²) in [5.74, 6) is 0.868. The molecule has 0 amide bonds. The number of hydrogen-bond acceptors (Lipinski definition) is 4. The summed E-state index contributed by atoms with van der Waals surface area (Å²) in [7, 11) is 1.67. The Labute approximate surface area is 105 Å². The number of ether oxygens (including phenoxy) is 1. The van der Waals surface area contributed by atoms with Crippen LogP contribution in [0.3, 0.4) is 0 Å². The molecule has 17 heavy (non-hydrogen) atoms. The van der Waals surface area contributed by atoms with Crippen LogP contribution in [0.25, 0.3) is 0 Å². The Bertz CT molecular complexity index is 478. The van der Waals surface area contributed by atoms with Gasteiger partial charge in [-0.3, -0.25) is 0 Å². The Morgan fingerprint density at radius 1 is 1.29 bits per heavy atom. The number of hydrogen-bond donors (Lipinski definition) is 1. The highest BCUT2D eigenvalue weighted by Gasteiger charge is 2.08. The maximum Gasteiger partial charge on any atom is 0.119 e. The summed E-state index contributed by atoms with van der Waals surface area (Å²) >= 11 is 1.68. The zero-order valence-corrected chi connectivity index (χ0v) is 11.0. The molecule has 3 nitrogen and oxygen atoms in total. The molecule has 0 aliphatic rings. The van der Waals surface area contributed by atoms with Gasteiger partial charge in [-0.25, -0.2) is 4.98 Å². The first-order chi connectivity index (χ1) is 8.19. The molecule has 1 aromatic carbocycles. The normalized spacial score (nSPS) is 12.2. The van der Waals surface area contributed by atoms with E-state index in [2.05, 4.69) is 22.6 Å². The van der Waals surface area contributed by atoms with Crippen LogP contribution in [0.2, 0.25) is 0 Å². The molecule has 0 saturated heterocycles. The number of thiazole rings is 1. The van der Waals surface area contributed by atoms with Gasteiger partial charge in [0.1, 0.15) is 5.75 Å². The Morgan fingerprint density at radius 3 is 2.53 bits per heavy atom. The maximum atomic E-state index is 5.12. The van der Waals surface area contributed by atoms with Gasteiger partial charge in [-0.2, -0.15) is 0 Å². The molecule has 0 aliphatic carbocycles. The lowest BCUT2D eigenvalue weighted by Crippen LogP contribution is -2.06. The van der Waals surface area contributed by atoms with E-state index in [9.17, 15) is 0 Å². The number of methoxy groups -OCH3 is 1. The number of benzene rings is 1. The molecule has 0 spiro atoms. The summed E-state index contributed by atoms with van der Waals surface area (Å²) in [5, 5.41) is 6.61. The van der Waals surface area contributed by atoms with Crippen LogP contribution < -0.4 is 10.1 Å². The van der Waals surface area contributed by atoms with Crippen LogP contribution in [0.4, 0.5) is 5.69 Å². The summed E-state index contributed by atoms with van der Waals surface area (Å²) in [6.45, 7) is 4.13. The van der Waals surface area contributed by atoms with Crippen molar-refractivity contribution in [1.29, 1.82) is 0 Å². The predicted octanol–water partition coefficient (Wildman–Crippen LogP) is 3.63. The number of anilines is 1. The zero-order chi connectivity index (χ0) is 12.3. The number of aryl methyl sites for hydroxylation is 1. The first kappa shape index (κ1) is 11.9. The second-order valence-electron chi connectivity index (χ2n) is 3.89. The number of aromatic nitrogens is 1. The number of nitrogens with one attached hydrogen (secondary N) is 1. The van der Waals surface area contributed by atoms with Crippen molar-refractivity contribution >= 4 is 17.0 Å². The monoisotopic (exact) mass is 248 g/mol. The molecule has 0 aliphatic heterocycles. The second kappa shape index (κ2) is 5.19. The molecule has 2 aromatic rings. The Hall–Kier alpha value is -1.55. The van der Waals surface area contributed by atoms with Crippen molar-refractivity contribution in [2.75, 3.05) is 12.4 Å². The minimum atomic E-state index is 0.216. The van der Waals surface area contributed by atoms with Gasteiger partial charge < -0.3 is 10.1 Å². The fraction of sp³-hybridized carbons (Fsp3) is 0.308. The second-order valence-corrected chi connectivity index (χ2v) is 4.95. The van der Waals surface area contributed by atoms with Crippen molar-refractivity contribution in [3.8, 4) is 5.75 Å². The summed E-state index contributed by atoms with van der Waals surface area (Å²) < 4.78 is 5.12. The van der Waals surface area contributed by atoms with E-state index in [4.69, 9.17) is 4.74 Å². The van der Waals surface area contributed by atoms with Crippen molar-refractivity contribution in [3.05, 3.63) is 40.3 Å². The van der Waals surface area contributed by atoms with Crippen LogP contribution in [0, 0.1) is 6.92 Å². The third kappa shape index (κ3) is 2.97. The SMILES string of the molecule is COc1ccc(NC(C)c2csc(C)n2)cc1. The average molecular weight is 248 g/mol. The van der Waals surface area contributed by atoms with Crippen LogP contribution >= 0.6 is 11.3 Å². The van der Waals surface area contributed by atoms with E-state index in [0.29, 0.717) is 0 Å². The Morgan fingerprint density at radius 2 is 2.00 bits per heavy atom. The lowest BCUT2D eigenvalue weighted by atomic mass is 10.2. The Kier molecular flexibility index (Phi) is 3.64. The van der Waals surface area contributed by atoms with Crippen LogP contribution in [-0.4, -0.2) is 12.1 Å². The van der Waals surface area contributed by atoms with E-state index >= 15 is 0 Å². The fourth-order valence-corrected chi connectivity index (χ4v) is 2.30. The lowest BCUT2D eigenvalue weighted by Gasteiger charge is -2.13. The van der Waals surface area contributed by atoms with E-state index in [1.807, 2.05) is 31.2 Å². The van der Waals surface area contributed by atoms with Gasteiger partial charge >= 0.3 is 0 Å². The van der Waals surface area contributed by atoms with Gasteiger partial charge in [-0.1, -0.05) is 0 Å². The van der Waals surface area contributed by atoms with Crippen molar-refractivity contribution in [1.82, 2.24) is 4.98 Å². The van der Waals surface area contributed by atoms with Crippen LogP contribution in [0.1, 0.15) is 23.7 Å². The lowest BCUT2D eigenvalue weighted by molar-refractivity contribution is 0.415. The molecule has 1 atom stereocenters. The molecule has 1 unspecified atom stereocenters. The molecule has 0 bridgehead atoms. The molecule has 1 heterocycles. The van der Waals surface area contributed by atoms with Gasteiger partial charge in [0.05, 0.1) is 23.9 Å². The topological polar surface area (TPSA) is 34.1 Å². The van der Waals surface area contributed by atoms with E-state index in [1.165, 1.54) is 0 Å². The first-order valence-corrected chi connectivity index (χ1v) is 6.39. The van der Waals surface area contributed by atoms with E-state index in [0.717, 1.165) is 22.1 Å². The molecular weight excluding hydrogens is 232 g/mol. The van der Waals surface area contributed by atoms with Gasteiger partial charge in [0.25, 0.3) is 0 Å². The van der Waals surface area contributed by atoms with Crippen LogP contribution in [0.15, 0.2) is 29.6 Å². The highest BCUT2D eigenvalue weighted by atomic mass is 32.1. The van der Waals surface area contributed by atoms with Gasteiger partial charge in [0.15, 0.2) is 0 Å². The molecule has 1 aromatic heterocycles. The first-order valence-electron chi connectivity index (χ1n) is 5.51. The maximum absolute atomic E-state index is 5.12. The molecule has 1 N–H and O–H groups in total. The van der Waals surface area contributed by atoms with Crippen LogP contribution in [0.5, 0.6) is 5.75 Å². The average Bonchev–Trinajstić information content (AvgIpc) is 2.77. The Balaban J connectivity index is 2.04. The zero-order valence-electron chi connectivity index (χ0n) is 10.2. The predicted molar refractivity (Wildman–Crippen MR) is 71.9 cm³/mol. The molecule has 4 heteroatoms. The van der Waals surface area contributed by atoms with E-state index in [-0.39, 0.29) is 6.04 Å². The highest BCUT2D eigenvalue weighted by Crippen LogP contribution is 2.22. The van der Waals surface area contributed by atoms with Gasteiger partial charge in [-0.15, -0.1) is 11.3 Å². The van der Waals surface area contributed by atoms with Crippen molar-refractivity contribution in [3.63, 3.8) is 0 Å². The van der Waals surface area contributed by atoms with E-state index in [1.54, 1.807) is 18.4 Å².